The van der Waals surface area contributed by atoms with Gasteiger partial charge in [0.1, 0.15) is 23.8 Å². The van der Waals surface area contributed by atoms with Crippen LogP contribution in [-0.4, -0.2) is 24.7 Å². The molecule has 0 aliphatic rings. The van der Waals surface area contributed by atoms with Crippen molar-refractivity contribution in [2.75, 3.05) is 11.1 Å². The van der Waals surface area contributed by atoms with Gasteiger partial charge in [-0.3, -0.25) is 0 Å². The van der Waals surface area contributed by atoms with Gasteiger partial charge in [-0.25, -0.2) is 9.97 Å². The first kappa shape index (κ1) is 15.2. The molecule has 0 bridgehead atoms. The smallest absolute Gasteiger partial charge is 0.154 e. The van der Waals surface area contributed by atoms with Crippen LogP contribution in [0.5, 0.6) is 0 Å². The summed E-state index contributed by atoms with van der Waals surface area (Å²) in [7, 11) is 1.91. The third-order valence-electron chi connectivity index (χ3n) is 3.34. The number of nitrogens with two attached hydrogens (primary N) is 1. The molecule has 0 saturated heterocycles. The fraction of sp³-hybridized carbons (Fsp3) is 0.571. The zero-order chi connectivity index (χ0) is 15.8. The molecule has 2 heterocycles. The van der Waals surface area contributed by atoms with E-state index < -0.39 is 0 Å². The van der Waals surface area contributed by atoms with E-state index in [4.69, 9.17) is 5.73 Å². The Morgan fingerprint density at radius 2 is 1.95 bits per heavy atom. The largest absolute Gasteiger partial charge is 0.383 e. The molecule has 7 nitrogen and oxygen atoms in total. The molecule has 2 aromatic heterocycles. The van der Waals surface area contributed by atoms with Crippen molar-refractivity contribution in [1.82, 2.24) is 24.7 Å². The summed E-state index contributed by atoms with van der Waals surface area (Å²) in [6.07, 6.45) is 1.68. The van der Waals surface area contributed by atoms with Crippen LogP contribution in [0.3, 0.4) is 0 Å². The number of rotatable bonds is 3. The van der Waals surface area contributed by atoms with Crippen molar-refractivity contribution < 1.29 is 0 Å². The van der Waals surface area contributed by atoms with Crippen molar-refractivity contribution in [3.63, 3.8) is 0 Å². The first-order valence-corrected chi connectivity index (χ1v) is 6.95. The normalized spacial score (nSPS) is 13.2. The van der Waals surface area contributed by atoms with E-state index in [0.29, 0.717) is 5.82 Å². The average Bonchev–Trinajstić information content (AvgIpc) is 2.79. The highest BCUT2D eigenvalue weighted by atomic mass is 15.3. The minimum Gasteiger partial charge on any atom is -0.383 e. The lowest BCUT2D eigenvalue weighted by Gasteiger charge is -2.21. The molecule has 0 aromatic carbocycles. The molecule has 7 heteroatoms. The lowest BCUT2D eigenvalue weighted by molar-refractivity contribution is 0.545. The summed E-state index contributed by atoms with van der Waals surface area (Å²) in [5.74, 6) is 2.80. The lowest BCUT2D eigenvalue weighted by atomic mass is 9.95. The predicted molar refractivity (Wildman–Crippen MR) is 82.9 cm³/mol. The van der Waals surface area contributed by atoms with Crippen molar-refractivity contribution in [3.8, 4) is 0 Å². The Labute approximate surface area is 125 Å². The fourth-order valence-corrected chi connectivity index (χ4v) is 1.96. The molecule has 0 aliphatic heterocycles. The van der Waals surface area contributed by atoms with Gasteiger partial charge in [-0.05, 0) is 13.8 Å². The van der Waals surface area contributed by atoms with Crippen LogP contribution in [-0.2, 0) is 12.5 Å². The third kappa shape index (κ3) is 3.12. The summed E-state index contributed by atoms with van der Waals surface area (Å²) >= 11 is 0. The fourth-order valence-electron chi connectivity index (χ4n) is 1.96. The molecular formula is C14H23N7. The zero-order valence-corrected chi connectivity index (χ0v) is 13.5. The van der Waals surface area contributed by atoms with Gasteiger partial charge in [0.25, 0.3) is 0 Å². The Kier molecular flexibility index (Phi) is 3.85. The Hall–Kier alpha value is -2.18. The van der Waals surface area contributed by atoms with Crippen LogP contribution in [0, 0.1) is 6.92 Å². The van der Waals surface area contributed by atoms with E-state index >= 15 is 0 Å². The van der Waals surface area contributed by atoms with Gasteiger partial charge >= 0.3 is 0 Å². The Morgan fingerprint density at radius 3 is 2.48 bits per heavy atom. The summed E-state index contributed by atoms with van der Waals surface area (Å²) < 4.78 is 1.88. The summed E-state index contributed by atoms with van der Waals surface area (Å²) in [5, 5.41) is 11.4. The maximum absolute atomic E-state index is 6.02. The van der Waals surface area contributed by atoms with Gasteiger partial charge in [-0.1, -0.05) is 20.8 Å². The lowest BCUT2D eigenvalue weighted by Crippen LogP contribution is -2.21. The van der Waals surface area contributed by atoms with Gasteiger partial charge in [0.05, 0.1) is 6.04 Å². The van der Waals surface area contributed by atoms with Crippen LogP contribution in [0.2, 0.25) is 0 Å². The highest BCUT2D eigenvalue weighted by Gasteiger charge is 2.21. The van der Waals surface area contributed by atoms with E-state index in [0.717, 1.165) is 23.0 Å². The zero-order valence-electron chi connectivity index (χ0n) is 13.5. The number of hydrogen-bond acceptors (Lipinski definition) is 6. The summed E-state index contributed by atoms with van der Waals surface area (Å²) in [6.45, 7) is 10.1. The highest BCUT2D eigenvalue weighted by Crippen LogP contribution is 2.26. The number of nitrogen functional groups attached to an aromatic ring is 1. The van der Waals surface area contributed by atoms with E-state index in [2.05, 4.69) is 46.3 Å². The van der Waals surface area contributed by atoms with Crippen molar-refractivity contribution in [3.05, 3.63) is 23.5 Å². The molecule has 114 valence electrons. The molecule has 1 unspecified atom stereocenters. The number of aryl methyl sites for hydroxylation is 1. The van der Waals surface area contributed by atoms with Crippen LogP contribution >= 0.6 is 0 Å². The molecule has 21 heavy (non-hydrogen) atoms. The maximum atomic E-state index is 6.02. The second-order valence-electron chi connectivity index (χ2n) is 6.32. The highest BCUT2D eigenvalue weighted by molar-refractivity contribution is 5.55. The van der Waals surface area contributed by atoms with Crippen LogP contribution in [0.4, 0.5) is 11.6 Å². The van der Waals surface area contributed by atoms with Crippen molar-refractivity contribution in [2.24, 2.45) is 7.05 Å². The molecule has 0 amide bonds. The third-order valence-corrected chi connectivity index (χ3v) is 3.34. The van der Waals surface area contributed by atoms with Crippen LogP contribution in [0.25, 0.3) is 0 Å². The van der Waals surface area contributed by atoms with Gasteiger partial charge in [0, 0.05) is 18.0 Å². The average molecular weight is 289 g/mol. The van der Waals surface area contributed by atoms with Crippen LogP contribution < -0.4 is 11.1 Å². The topological polar surface area (TPSA) is 94.5 Å². The number of nitrogens with one attached hydrogen (secondary N) is 1. The molecule has 2 aromatic rings. The second kappa shape index (κ2) is 5.31. The van der Waals surface area contributed by atoms with Gasteiger partial charge in [0.2, 0.25) is 0 Å². The minimum absolute atomic E-state index is 0.0293. The minimum atomic E-state index is -0.160. The first-order chi connectivity index (χ1) is 9.70. The second-order valence-corrected chi connectivity index (χ2v) is 6.32. The molecule has 3 N–H and O–H groups in total. The number of aromatic nitrogens is 5. The van der Waals surface area contributed by atoms with Crippen molar-refractivity contribution >= 4 is 11.6 Å². The van der Waals surface area contributed by atoms with E-state index in [-0.39, 0.29) is 11.5 Å². The van der Waals surface area contributed by atoms with Crippen molar-refractivity contribution in [1.29, 1.82) is 0 Å². The standard InChI is InChI=1S/C14H23N7/c1-8-10(15)18-13(14(3,4)5)19-11(8)17-9(2)12-20-16-7-21(12)6/h7,9H,1-6H3,(H3,15,17,18,19). The number of anilines is 2. The van der Waals surface area contributed by atoms with Gasteiger partial charge in [0.15, 0.2) is 5.82 Å². The molecule has 0 spiro atoms. The Bertz CT molecular complexity index is 639. The SMILES string of the molecule is Cc1c(N)nc(C(C)(C)C)nc1NC(C)c1nncn1C. The number of hydrogen-bond donors (Lipinski definition) is 2. The molecule has 1 atom stereocenters. The van der Waals surface area contributed by atoms with E-state index in [1.807, 2.05) is 25.5 Å². The number of nitrogens with zero attached hydrogens (tertiary/aromatic N) is 5. The summed E-state index contributed by atoms with van der Waals surface area (Å²) in [4.78, 5) is 9.01. The Balaban J connectivity index is 2.36. The summed E-state index contributed by atoms with van der Waals surface area (Å²) in [5.41, 5.74) is 6.70. The molecule has 2 rings (SSSR count). The van der Waals surface area contributed by atoms with E-state index in [1.165, 1.54) is 0 Å². The van der Waals surface area contributed by atoms with Gasteiger partial charge < -0.3 is 15.6 Å². The van der Waals surface area contributed by atoms with Gasteiger partial charge in [-0.15, -0.1) is 10.2 Å². The van der Waals surface area contributed by atoms with Crippen molar-refractivity contribution in [2.45, 2.75) is 46.1 Å². The maximum Gasteiger partial charge on any atom is 0.154 e. The molecule has 0 radical (unpaired) electrons. The predicted octanol–water partition coefficient (Wildman–Crippen LogP) is 1.97. The molecular weight excluding hydrogens is 266 g/mol. The molecule has 0 aliphatic carbocycles. The van der Waals surface area contributed by atoms with Crippen LogP contribution in [0.1, 0.15) is 50.9 Å². The summed E-state index contributed by atoms with van der Waals surface area (Å²) in [6, 6.07) is -0.0293. The molecule has 0 saturated carbocycles. The first-order valence-electron chi connectivity index (χ1n) is 6.95. The monoisotopic (exact) mass is 289 g/mol. The van der Waals surface area contributed by atoms with E-state index in [1.54, 1.807) is 6.33 Å². The quantitative estimate of drug-likeness (QED) is 0.897. The van der Waals surface area contributed by atoms with E-state index in [9.17, 15) is 0 Å². The Morgan fingerprint density at radius 1 is 1.29 bits per heavy atom. The van der Waals surface area contributed by atoms with Crippen LogP contribution in [0.15, 0.2) is 6.33 Å². The molecule has 0 fully saturated rings. The van der Waals surface area contributed by atoms with Gasteiger partial charge in [-0.2, -0.15) is 0 Å².